The van der Waals surface area contributed by atoms with Gasteiger partial charge in [0.2, 0.25) is 0 Å². The van der Waals surface area contributed by atoms with Crippen LogP contribution in [0.4, 0.5) is 0 Å². The molecule has 96 valence electrons. The number of hydrogen-bond donors (Lipinski definition) is 1. The van der Waals surface area contributed by atoms with E-state index in [-0.39, 0.29) is 12.2 Å². The zero-order valence-corrected chi connectivity index (χ0v) is 10.9. The van der Waals surface area contributed by atoms with Crippen molar-refractivity contribution in [3.05, 3.63) is 18.2 Å². The third kappa shape index (κ3) is 2.53. The minimum absolute atomic E-state index is 0.0792. The van der Waals surface area contributed by atoms with Crippen LogP contribution >= 0.6 is 0 Å². The Bertz CT molecular complexity index is 365. The van der Waals surface area contributed by atoms with Crippen molar-refractivity contribution in [1.29, 1.82) is 0 Å². The van der Waals surface area contributed by atoms with Gasteiger partial charge in [-0.05, 0) is 20.3 Å². The summed E-state index contributed by atoms with van der Waals surface area (Å²) >= 11 is 0. The van der Waals surface area contributed by atoms with Crippen molar-refractivity contribution < 1.29 is 9.84 Å². The van der Waals surface area contributed by atoms with Gasteiger partial charge < -0.3 is 14.4 Å². The van der Waals surface area contributed by atoms with Crippen molar-refractivity contribution in [2.45, 2.75) is 64.4 Å². The normalized spacial score (nSPS) is 33.9. The maximum Gasteiger partial charge on any atom is 0.140 e. The molecule has 1 aliphatic rings. The molecule has 1 aliphatic heterocycles. The van der Waals surface area contributed by atoms with Crippen LogP contribution in [0.5, 0.6) is 0 Å². The number of aromatic nitrogens is 2. The van der Waals surface area contributed by atoms with E-state index < -0.39 is 5.60 Å². The van der Waals surface area contributed by atoms with Crippen molar-refractivity contribution in [3.8, 4) is 0 Å². The van der Waals surface area contributed by atoms with E-state index in [0.29, 0.717) is 12.8 Å². The second-order valence-electron chi connectivity index (χ2n) is 5.14. The average molecular weight is 238 g/mol. The van der Waals surface area contributed by atoms with Crippen molar-refractivity contribution in [3.63, 3.8) is 0 Å². The summed E-state index contributed by atoms with van der Waals surface area (Å²) in [6.45, 7) is 7.05. The highest BCUT2D eigenvalue weighted by Gasteiger charge is 2.41. The van der Waals surface area contributed by atoms with Crippen LogP contribution < -0.4 is 0 Å². The first kappa shape index (κ1) is 12.6. The smallest absolute Gasteiger partial charge is 0.140 e. The SMILES string of the molecule is CCCn1ccnc1C1(O)CC(C)OC(C)C1. The third-order valence-corrected chi connectivity index (χ3v) is 3.31. The Morgan fingerprint density at radius 2 is 2.12 bits per heavy atom. The molecular formula is C13H22N2O2. The van der Waals surface area contributed by atoms with Gasteiger partial charge in [0.15, 0.2) is 0 Å². The molecule has 0 radical (unpaired) electrons. The number of imidazole rings is 1. The summed E-state index contributed by atoms with van der Waals surface area (Å²) in [4.78, 5) is 4.36. The third-order valence-electron chi connectivity index (χ3n) is 3.31. The number of rotatable bonds is 3. The summed E-state index contributed by atoms with van der Waals surface area (Å²) in [5.74, 6) is 0.793. The lowest BCUT2D eigenvalue weighted by Gasteiger charge is -2.38. The van der Waals surface area contributed by atoms with Crippen LogP contribution in [0.2, 0.25) is 0 Å². The maximum atomic E-state index is 10.8. The van der Waals surface area contributed by atoms with Crippen LogP contribution in [-0.4, -0.2) is 26.9 Å². The minimum atomic E-state index is -0.838. The summed E-state index contributed by atoms with van der Waals surface area (Å²) < 4.78 is 7.74. The van der Waals surface area contributed by atoms with Crippen molar-refractivity contribution in [2.75, 3.05) is 0 Å². The molecule has 17 heavy (non-hydrogen) atoms. The number of aryl methyl sites for hydroxylation is 1. The predicted octanol–water partition coefficient (Wildman–Crippen LogP) is 2.07. The van der Waals surface area contributed by atoms with E-state index in [1.807, 2.05) is 20.0 Å². The molecule has 2 atom stereocenters. The van der Waals surface area contributed by atoms with E-state index in [4.69, 9.17) is 4.74 Å². The van der Waals surface area contributed by atoms with E-state index >= 15 is 0 Å². The second-order valence-corrected chi connectivity index (χ2v) is 5.14. The molecule has 2 unspecified atom stereocenters. The molecule has 1 N–H and O–H groups in total. The molecule has 0 amide bonds. The molecule has 1 aromatic rings. The molecule has 0 aliphatic carbocycles. The zero-order valence-electron chi connectivity index (χ0n) is 10.9. The molecule has 2 rings (SSSR count). The number of ether oxygens (including phenoxy) is 1. The van der Waals surface area contributed by atoms with Gasteiger partial charge in [-0.1, -0.05) is 6.92 Å². The Morgan fingerprint density at radius 1 is 1.47 bits per heavy atom. The van der Waals surface area contributed by atoms with Crippen molar-refractivity contribution in [1.82, 2.24) is 9.55 Å². The van der Waals surface area contributed by atoms with Gasteiger partial charge in [0.1, 0.15) is 11.4 Å². The highest BCUT2D eigenvalue weighted by atomic mass is 16.5. The van der Waals surface area contributed by atoms with E-state index in [2.05, 4.69) is 16.5 Å². The molecule has 1 fully saturated rings. The molecule has 0 spiro atoms. The Hall–Kier alpha value is -0.870. The van der Waals surface area contributed by atoms with E-state index in [1.165, 1.54) is 0 Å². The summed E-state index contributed by atoms with van der Waals surface area (Å²) in [6, 6.07) is 0. The molecule has 1 saturated heterocycles. The first-order chi connectivity index (χ1) is 8.05. The minimum Gasteiger partial charge on any atom is -0.382 e. The first-order valence-electron chi connectivity index (χ1n) is 6.44. The molecular weight excluding hydrogens is 216 g/mol. The van der Waals surface area contributed by atoms with E-state index in [1.54, 1.807) is 6.20 Å². The highest BCUT2D eigenvalue weighted by molar-refractivity contribution is 5.07. The van der Waals surface area contributed by atoms with Gasteiger partial charge in [0.05, 0.1) is 12.2 Å². The predicted molar refractivity (Wildman–Crippen MR) is 65.7 cm³/mol. The lowest BCUT2D eigenvalue weighted by molar-refractivity contribution is -0.140. The van der Waals surface area contributed by atoms with Gasteiger partial charge in [-0.15, -0.1) is 0 Å². The molecule has 1 aromatic heterocycles. The highest BCUT2D eigenvalue weighted by Crippen LogP contribution is 2.36. The maximum absolute atomic E-state index is 10.8. The van der Waals surface area contributed by atoms with Crippen molar-refractivity contribution in [2.24, 2.45) is 0 Å². The summed E-state index contributed by atoms with van der Waals surface area (Å²) in [6.07, 6.45) is 6.16. The van der Waals surface area contributed by atoms with Crippen LogP contribution in [0.1, 0.15) is 45.9 Å². The Balaban J connectivity index is 2.26. The van der Waals surface area contributed by atoms with Crippen LogP contribution in [-0.2, 0) is 16.9 Å². The standard InChI is InChI=1S/C13H22N2O2/c1-4-6-15-7-5-14-12(15)13(16)8-10(2)17-11(3)9-13/h5,7,10-11,16H,4,6,8-9H2,1-3H3. The van der Waals surface area contributed by atoms with Crippen molar-refractivity contribution >= 4 is 0 Å². The van der Waals surface area contributed by atoms with Gasteiger partial charge in [0, 0.05) is 31.8 Å². The van der Waals surface area contributed by atoms with Crippen LogP contribution in [0.25, 0.3) is 0 Å². The monoisotopic (exact) mass is 238 g/mol. The summed E-state index contributed by atoms with van der Waals surface area (Å²) in [5.41, 5.74) is -0.838. The van der Waals surface area contributed by atoms with Crippen LogP contribution in [0, 0.1) is 0 Å². The average Bonchev–Trinajstić information content (AvgIpc) is 2.64. The quantitative estimate of drug-likeness (QED) is 0.877. The molecule has 0 saturated carbocycles. The van der Waals surface area contributed by atoms with Crippen LogP contribution in [0.3, 0.4) is 0 Å². The van der Waals surface area contributed by atoms with Gasteiger partial charge in [-0.25, -0.2) is 4.98 Å². The number of nitrogens with zero attached hydrogens (tertiary/aromatic N) is 2. The van der Waals surface area contributed by atoms with Gasteiger partial charge in [-0.2, -0.15) is 0 Å². The zero-order chi connectivity index (χ0) is 12.5. The fourth-order valence-electron chi connectivity index (χ4n) is 2.85. The lowest BCUT2D eigenvalue weighted by Crippen LogP contribution is -2.43. The molecule has 0 bridgehead atoms. The largest absolute Gasteiger partial charge is 0.382 e. The van der Waals surface area contributed by atoms with E-state index in [9.17, 15) is 5.11 Å². The number of aliphatic hydroxyl groups is 1. The molecule has 4 heteroatoms. The van der Waals surface area contributed by atoms with Gasteiger partial charge >= 0.3 is 0 Å². The van der Waals surface area contributed by atoms with Gasteiger partial charge in [-0.3, -0.25) is 0 Å². The van der Waals surface area contributed by atoms with Crippen LogP contribution in [0.15, 0.2) is 12.4 Å². The topological polar surface area (TPSA) is 47.3 Å². The first-order valence-corrected chi connectivity index (χ1v) is 6.44. The molecule has 0 aromatic carbocycles. The fraction of sp³-hybridized carbons (Fsp3) is 0.769. The lowest BCUT2D eigenvalue weighted by atomic mass is 9.87. The van der Waals surface area contributed by atoms with Gasteiger partial charge in [0.25, 0.3) is 0 Å². The Morgan fingerprint density at radius 3 is 2.71 bits per heavy atom. The summed E-state index contributed by atoms with van der Waals surface area (Å²) in [5, 5.41) is 10.8. The summed E-state index contributed by atoms with van der Waals surface area (Å²) in [7, 11) is 0. The Labute approximate surface area is 103 Å². The number of hydrogen-bond acceptors (Lipinski definition) is 3. The molecule has 4 nitrogen and oxygen atoms in total. The second kappa shape index (κ2) is 4.78. The van der Waals surface area contributed by atoms with E-state index in [0.717, 1.165) is 18.8 Å². The molecule has 2 heterocycles. The fourth-order valence-corrected chi connectivity index (χ4v) is 2.85. The Kier molecular flexibility index (Phi) is 3.54.